The van der Waals surface area contributed by atoms with Crippen LogP contribution in [-0.4, -0.2) is 51.9 Å². The maximum Gasteiger partial charge on any atom is 0.264 e. The molecule has 1 saturated heterocycles. The number of pyridine rings is 1. The molecule has 0 atom stereocenters. The highest BCUT2D eigenvalue weighted by Gasteiger charge is 2.22. The Hall–Kier alpha value is -2.00. The summed E-state index contributed by atoms with van der Waals surface area (Å²) >= 11 is 8.79. The van der Waals surface area contributed by atoms with Crippen LogP contribution in [0.1, 0.15) is 15.4 Å². The fraction of sp³-hybridized carbons (Fsp3) is 0.278. The summed E-state index contributed by atoms with van der Waals surface area (Å²) in [6.07, 6.45) is 1.62. The number of nitrogens with one attached hydrogen (secondary N) is 1. The second-order valence-electron chi connectivity index (χ2n) is 6.15. The third-order valence-electron chi connectivity index (χ3n) is 4.30. The van der Waals surface area contributed by atoms with Crippen molar-refractivity contribution in [3.8, 4) is 0 Å². The van der Waals surface area contributed by atoms with Gasteiger partial charge in [0.05, 0.1) is 16.8 Å². The van der Waals surface area contributed by atoms with Gasteiger partial charge < -0.3 is 10.2 Å². The van der Waals surface area contributed by atoms with Crippen LogP contribution in [0.5, 0.6) is 0 Å². The smallest absolute Gasteiger partial charge is 0.264 e. The molecule has 1 aliphatic rings. The summed E-state index contributed by atoms with van der Waals surface area (Å²) in [4.78, 5) is 26.3. The Bertz CT molecular complexity index is 906. The van der Waals surface area contributed by atoms with Gasteiger partial charge in [-0.2, -0.15) is 0 Å². The third-order valence-corrected chi connectivity index (χ3v) is 6.18. The van der Waals surface area contributed by atoms with Crippen LogP contribution >= 0.6 is 34.3 Å². The van der Waals surface area contributed by atoms with Crippen molar-refractivity contribution in [3.05, 3.63) is 56.8 Å². The fourth-order valence-electron chi connectivity index (χ4n) is 2.95. The van der Waals surface area contributed by atoms with Crippen LogP contribution in [0, 0.1) is 0 Å². The molecule has 3 aromatic rings. The van der Waals surface area contributed by atoms with Gasteiger partial charge in [0.25, 0.3) is 5.91 Å². The van der Waals surface area contributed by atoms with E-state index in [4.69, 9.17) is 11.6 Å². The maximum absolute atomic E-state index is 12.4. The van der Waals surface area contributed by atoms with Gasteiger partial charge in [-0.1, -0.05) is 35.1 Å². The Labute approximate surface area is 170 Å². The number of rotatable bonds is 5. The molecule has 4 heterocycles. The van der Waals surface area contributed by atoms with Crippen LogP contribution in [-0.2, 0) is 6.54 Å². The minimum Gasteiger partial charge on any atom is -0.335 e. The van der Waals surface area contributed by atoms with Crippen molar-refractivity contribution in [2.75, 3.05) is 31.5 Å². The summed E-state index contributed by atoms with van der Waals surface area (Å²) in [6.45, 7) is 3.94. The number of piperazine rings is 1. The molecule has 27 heavy (non-hydrogen) atoms. The maximum atomic E-state index is 12.4. The van der Waals surface area contributed by atoms with Gasteiger partial charge in [0.2, 0.25) is 0 Å². The van der Waals surface area contributed by atoms with Crippen molar-refractivity contribution in [2.24, 2.45) is 0 Å². The topological polar surface area (TPSA) is 61.4 Å². The van der Waals surface area contributed by atoms with Crippen LogP contribution in [0.3, 0.4) is 0 Å². The number of thiophene rings is 1. The first-order chi connectivity index (χ1) is 13.2. The molecule has 0 bridgehead atoms. The lowest BCUT2D eigenvalue weighted by atomic mass is 10.2. The molecule has 0 saturated carbocycles. The molecule has 1 aliphatic heterocycles. The predicted molar refractivity (Wildman–Crippen MR) is 110 cm³/mol. The van der Waals surface area contributed by atoms with Gasteiger partial charge in [-0.05, 0) is 23.6 Å². The quantitative estimate of drug-likeness (QED) is 0.678. The minimum absolute atomic E-state index is 0.135. The van der Waals surface area contributed by atoms with Gasteiger partial charge in [0.1, 0.15) is 10.2 Å². The molecule has 0 spiro atoms. The average molecular weight is 420 g/mol. The molecule has 140 valence electrons. The Morgan fingerprint density at radius 1 is 1.19 bits per heavy atom. The molecule has 0 aliphatic carbocycles. The number of hydrogen-bond donors (Lipinski definition) is 1. The van der Waals surface area contributed by atoms with Crippen LogP contribution in [0.4, 0.5) is 10.9 Å². The Morgan fingerprint density at radius 2 is 2.04 bits per heavy atom. The van der Waals surface area contributed by atoms with Gasteiger partial charge in [-0.3, -0.25) is 9.69 Å². The summed E-state index contributed by atoms with van der Waals surface area (Å²) < 4.78 is 0.642. The molecule has 0 aromatic carbocycles. The number of carbonyl (C=O) groups is 1. The largest absolute Gasteiger partial charge is 0.335 e. The lowest BCUT2D eigenvalue weighted by Crippen LogP contribution is -2.48. The van der Waals surface area contributed by atoms with E-state index in [9.17, 15) is 4.79 Å². The van der Waals surface area contributed by atoms with Gasteiger partial charge >= 0.3 is 0 Å². The molecular weight excluding hydrogens is 402 g/mol. The number of nitrogens with zero attached hydrogens (tertiary/aromatic N) is 4. The molecule has 0 unspecified atom stereocenters. The van der Waals surface area contributed by atoms with E-state index < -0.39 is 0 Å². The number of aromatic nitrogens is 2. The Kier molecular flexibility index (Phi) is 5.68. The SMILES string of the molecule is O=C(c1cccs1)N1CCN(Cc2cccc(Nc3ncc(Cl)s3)n2)CC1. The van der Waals surface area contributed by atoms with Crippen LogP contribution < -0.4 is 5.32 Å². The highest BCUT2D eigenvalue weighted by molar-refractivity contribution is 7.19. The highest BCUT2D eigenvalue weighted by atomic mass is 35.5. The summed E-state index contributed by atoms with van der Waals surface area (Å²) in [5.74, 6) is 0.890. The fourth-order valence-corrected chi connectivity index (χ4v) is 4.46. The zero-order valence-electron chi connectivity index (χ0n) is 14.5. The molecule has 1 N–H and O–H groups in total. The molecule has 0 radical (unpaired) electrons. The molecule has 1 fully saturated rings. The van der Waals surface area contributed by atoms with Crippen molar-refractivity contribution in [1.82, 2.24) is 19.8 Å². The summed E-state index contributed by atoms with van der Waals surface area (Å²) in [5, 5.41) is 5.85. The zero-order chi connectivity index (χ0) is 18.6. The van der Waals surface area contributed by atoms with E-state index in [1.807, 2.05) is 40.6 Å². The lowest BCUT2D eigenvalue weighted by Gasteiger charge is -2.34. The average Bonchev–Trinajstić information content (AvgIpc) is 3.34. The van der Waals surface area contributed by atoms with Crippen molar-refractivity contribution in [1.29, 1.82) is 0 Å². The van der Waals surface area contributed by atoms with Crippen molar-refractivity contribution < 1.29 is 4.79 Å². The van der Waals surface area contributed by atoms with E-state index in [1.165, 1.54) is 22.7 Å². The van der Waals surface area contributed by atoms with Crippen LogP contribution in [0.15, 0.2) is 41.9 Å². The monoisotopic (exact) mass is 419 g/mol. The van der Waals surface area contributed by atoms with E-state index in [-0.39, 0.29) is 5.91 Å². The number of hydrogen-bond acceptors (Lipinski definition) is 7. The standard InChI is InChI=1S/C18H18ClN5OS2/c19-15-11-20-18(27-15)22-16-5-1-3-13(21-16)12-23-6-8-24(9-7-23)17(25)14-4-2-10-26-14/h1-5,10-11H,6-9,12H2,(H,20,21,22). The van der Waals surface area contributed by atoms with Gasteiger partial charge in [0, 0.05) is 32.7 Å². The van der Waals surface area contributed by atoms with E-state index in [0.717, 1.165) is 54.2 Å². The minimum atomic E-state index is 0.135. The first kappa shape index (κ1) is 18.4. The first-order valence-electron chi connectivity index (χ1n) is 8.57. The second kappa shape index (κ2) is 8.35. The molecule has 6 nitrogen and oxygen atoms in total. The van der Waals surface area contributed by atoms with E-state index >= 15 is 0 Å². The summed E-state index contributed by atoms with van der Waals surface area (Å²) in [7, 11) is 0. The van der Waals surface area contributed by atoms with E-state index in [0.29, 0.717) is 4.34 Å². The number of anilines is 2. The lowest BCUT2D eigenvalue weighted by molar-refractivity contribution is 0.0632. The number of halogens is 1. The third kappa shape index (κ3) is 4.65. The zero-order valence-corrected chi connectivity index (χ0v) is 16.9. The number of thiazole rings is 1. The highest BCUT2D eigenvalue weighted by Crippen LogP contribution is 2.25. The van der Waals surface area contributed by atoms with Gasteiger partial charge in [0.15, 0.2) is 5.13 Å². The normalized spacial score (nSPS) is 15.1. The van der Waals surface area contributed by atoms with Crippen molar-refractivity contribution >= 4 is 51.1 Å². The summed E-state index contributed by atoms with van der Waals surface area (Å²) in [6, 6.07) is 9.72. The summed E-state index contributed by atoms with van der Waals surface area (Å²) in [5.41, 5.74) is 0.987. The Balaban J connectivity index is 1.32. The predicted octanol–water partition coefficient (Wildman–Crippen LogP) is 3.95. The second-order valence-corrected chi connectivity index (χ2v) is 8.76. The molecule has 1 amide bonds. The van der Waals surface area contributed by atoms with Crippen LogP contribution in [0.25, 0.3) is 0 Å². The van der Waals surface area contributed by atoms with Crippen molar-refractivity contribution in [2.45, 2.75) is 6.54 Å². The molecule has 9 heteroatoms. The van der Waals surface area contributed by atoms with Crippen LogP contribution in [0.2, 0.25) is 4.34 Å². The Morgan fingerprint density at radius 3 is 2.74 bits per heavy atom. The first-order valence-corrected chi connectivity index (χ1v) is 10.6. The molecular formula is C18H18ClN5OS2. The van der Waals surface area contributed by atoms with Gasteiger partial charge in [-0.25, -0.2) is 9.97 Å². The van der Waals surface area contributed by atoms with Gasteiger partial charge in [-0.15, -0.1) is 11.3 Å². The number of amides is 1. The van der Waals surface area contributed by atoms with E-state index in [1.54, 1.807) is 6.20 Å². The number of carbonyl (C=O) groups excluding carboxylic acids is 1. The molecule has 3 aromatic heterocycles. The van der Waals surface area contributed by atoms with E-state index in [2.05, 4.69) is 20.2 Å². The molecule has 4 rings (SSSR count). The van der Waals surface area contributed by atoms with Crippen molar-refractivity contribution in [3.63, 3.8) is 0 Å².